The summed E-state index contributed by atoms with van der Waals surface area (Å²) >= 11 is 0. The predicted molar refractivity (Wildman–Crippen MR) is 59.1 cm³/mol. The molecule has 0 radical (unpaired) electrons. The van der Waals surface area contributed by atoms with Crippen molar-refractivity contribution in [2.45, 2.75) is 52.9 Å². The Morgan fingerprint density at radius 1 is 1.29 bits per heavy atom. The fraction of sp³-hybridized carbons (Fsp3) is 0.917. The zero-order valence-electron chi connectivity index (χ0n) is 9.81. The summed E-state index contributed by atoms with van der Waals surface area (Å²) in [5, 5.41) is 0. The monoisotopic (exact) mass is 197 g/mol. The Morgan fingerprint density at radius 3 is 2.36 bits per heavy atom. The molecule has 0 aliphatic carbocycles. The Balaban J connectivity index is 2.51. The minimum atomic E-state index is 0.358. The topological polar surface area (TPSA) is 20.3 Å². The van der Waals surface area contributed by atoms with Gasteiger partial charge in [-0.15, -0.1) is 0 Å². The summed E-state index contributed by atoms with van der Waals surface area (Å²) in [6.07, 6.45) is 5.32. The second-order valence-electron chi connectivity index (χ2n) is 4.52. The molecule has 0 spiro atoms. The van der Waals surface area contributed by atoms with Gasteiger partial charge in [-0.1, -0.05) is 20.8 Å². The molecule has 0 aromatic heterocycles. The molecule has 2 heteroatoms. The van der Waals surface area contributed by atoms with Gasteiger partial charge in [0, 0.05) is 19.5 Å². The highest BCUT2D eigenvalue weighted by atomic mass is 16.2. The predicted octanol–water partition coefficient (Wildman–Crippen LogP) is 2.83. The van der Waals surface area contributed by atoms with Crippen LogP contribution in [0.3, 0.4) is 0 Å². The Morgan fingerprint density at radius 2 is 1.93 bits per heavy atom. The van der Waals surface area contributed by atoms with Crippen LogP contribution >= 0.6 is 0 Å². The molecule has 0 aromatic rings. The third-order valence-electron chi connectivity index (χ3n) is 3.75. The van der Waals surface area contributed by atoms with Gasteiger partial charge in [-0.3, -0.25) is 4.79 Å². The van der Waals surface area contributed by atoms with E-state index in [1.807, 2.05) is 0 Å². The first-order valence-corrected chi connectivity index (χ1v) is 5.95. The van der Waals surface area contributed by atoms with Crippen molar-refractivity contribution in [2.75, 3.05) is 13.1 Å². The summed E-state index contributed by atoms with van der Waals surface area (Å²) in [7, 11) is 0. The maximum atomic E-state index is 11.7. The van der Waals surface area contributed by atoms with Gasteiger partial charge < -0.3 is 4.90 Å². The molecule has 0 atom stereocenters. The van der Waals surface area contributed by atoms with Crippen molar-refractivity contribution in [1.29, 1.82) is 0 Å². The number of carbonyl (C=O) groups is 1. The highest BCUT2D eigenvalue weighted by molar-refractivity contribution is 5.76. The Hall–Kier alpha value is -0.530. The zero-order valence-corrected chi connectivity index (χ0v) is 9.81. The molecule has 1 rings (SSSR count). The normalized spacial score (nSPS) is 20.1. The molecule has 1 amide bonds. The molecule has 1 heterocycles. The van der Waals surface area contributed by atoms with Crippen LogP contribution in [0.15, 0.2) is 0 Å². The van der Waals surface area contributed by atoms with Gasteiger partial charge in [-0.2, -0.15) is 0 Å². The van der Waals surface area contributed by atoms with Crippen molar-refractivity contribution in [1.82, 2.24) is 4.90 Å². The lowest BCUT2D eigenvalue weighted by Gasteiger charge is -2.26. The second kappa shape index (κ2) is 4.81. The second-order valence-corrected chi connectivity index (χ2v) is 4.52. The third-order valence-corrected chi connectivity index (χ3v) is 3.75. The van der Waals surface area contributed by atoms with Gasteiger partial charge in [0.1, 0.15) is 0 Å². The molecule has 1 aliphatic rings. The number of hydrogen-bond acceptors (Lipinski definition) is 1. The average Bonchev–Trinajstić information content (AvgIpc) is 2.63. The van der Waals surface area contributed by atoms with E-state index < -0.39 is 0 Å². The molecular weight excluding hydrogens is 174 g/mol. The molecule has 1 aliphatic heterocycles. The van der Waals surface area contributed by atoms with Crippen LogP contribution < -0.4 is 0 Å². The molecule has 1 fully saturated rings. The molecule has 0 bridgehead atoms. The highest BCUT2D eigenvalue weighted by Crippen LogP contribution is 2.37. The van der Waals surface area contributed by atoms with Crippen LogP contribution in [0.4, 0.5) is 0 Å². The Bertz CT molecular complexity index is 196. The maximum absolute atomic E-state index is 11.7. The standard InChI is InChI=1S/C12H23NO/c1-4-7-11(14)13-9-8-12(5-2,6-3)10-13/h4-10H2,1-3H3. The van der Waals surface area contributed by atoms with Crippen LogP contribution in [-0.4, -0.2) is 23.9 Å². The fourth-order valence-corrected chi connectivity index (χ4v) is 2.35. The molecule has 0 unspecified atom stereocenters. The lowest BCUT2D eigenvalue weighted by atomic mass is 9.82. The number of carbonyl (C=O) groups excluding carboxylic acids is 1. The summed E-state index contributed by atoms with van der Waals surface area (Å²) in [5.74, 6) is 0.358. The summed E-state index contributed by atoms with van der Waals surface area (Å²) in [4.78, 5) is 13.8. The van der Waals surface area contributed by atoms with Gasteiger partial charge in [0.2, 0.25) is 5.91 Å². The lowest BCUT2D eigenvalue weighted by Crippen LogP contribution is -2.31. The quantitative estimate of drug-likeness (QED) is 0.678. The largest absolute Gasteiger partial charge is 0.342 e. The molecule has 0 aromatic carbocycles. The minimum Gasteiger partial charge on any atom is -0.342 e. The van der Waals surface area contributed by atoms with Crippen LogP contribution in [0.1, 0.15) is 52.9 Å². The number of hydrogen-bond donors (Lipinski definition) is 0. The summed E-state index contributed by atoms with van der Waals surface area (Å²) in [5.41, 5.74) is 0.434. The van der Waals surface area contributed by atoms with Gasteiger partial charge in [-0.05, 0) is 31.1 Å². The van der Waals surface area contributed by atoms with Gasteiger partial charge >= 0.3 is 0 Å². The highest BCUT2D eigenvalue weighted by Gasteiger charge is 2.36. The third kappa shape index (κ3) is 2.28. The van der Waals surface area contributed by atoms with Gasteiger partial charge in [0.25, 0.3) is 0 Å². The van der Waals surface area contributed by atoms with E-state index in [1.165, 1.54) is 19.3 Å². The Labute approximate surface area is 87.7 Å². The summed E-state index contributed by atoms with van der Waals surface area (Å²) in [6.45, 7) is 8.55. The molecule has 82 valence electrons. The van der Waals surface area contributed by atoms with Crippen molar-refractivity contribution in [3.05, 3.63) is 0 Å². The van der Waals surface area contributed by atoms with Crippen molar-refractivity contribution in [2.24, 2.45) is 5.41 Å². The average molecular weight is 197 g/mol. The van der Waals surface area contributed by atoms with E-state index in [0.29, 0.717) is 11.3 Å². The van der Waals surface area contributed by atoms with Crippen molar-refractivity contribution < 1.29 is 4.79 Å². The van der Waals surface area contributed by atoms with Crippen LogP contribution in [-0.2, 0) is 4.79 Å². The minimum absolute atomic E-state index is 0.358. The van der Waals surface area contributed by atoms with Gasteiger partial charge in [-0.25, -0.2) is 0 Å². The van der Waals surface area contributed by atoms with Crippen molar-refractivity contribution >= 4 is 5.91 Å². The van der Waals surface area contributed by atoms with Crippen LogP contribution in [0.25, 0.3) is 0 Å². The summed E-state index contributed by atoms with van der Waals surface area (Å²) < 4.78 is 0. The molecule has 0 saturated carbocycles. The molecule has 14 heavy (non-hydrogen) atoms. The summed E-state index contributed by atoms with van der Waals surface area (Å²) in [6, 6.07) is 0. The van der Waals surface area contributed by atoms with Crippen LogP contribution in [0, 0.1) is 5.41 Å². The van der Waals surface area contributed by atoms with E-state index in [-0.39, 0.29) is 0 Å². The SMILES string of the molecule is CCCC(=O)N1CCC(CC)(CC)C1. The van der Waals surface area contributed by atoms with Crippen molar-refractivity contribution in [3.63, 3.8) is 0 Å². The van der Waals surface area contributed by atoms with Crippen molar-refractivity contribution in [3.8, 4) is 0 Å². The first kappa shape index (κ1) is 11.5. The van der Waals surface area contributed by atoms with Gasteiger partial charge in [0.15, 0.2) is 0 Å². The number of nitrogens with zero attached hydrogens (tertiary/aromatic N) is 1. The molecule has 0 N–H and O–H groups in total. The van der Waals surface area contributed by atoms with E-state index in [2.05, 4.69) is 25.7 Å². The molecule has 1 saturated heterocycles. The van der Waals surface area contributed by atoms with E-state index in [9.17, 15) is 4.79 Å². The van der Waals surface area contributed by atoms with Crippen LogP contribution in [0.5, 0.6) is 0 Å². The zero-order chi connectivity index (χ0) is 10.6. The number of amides is 1. The smallest absolute Gasteiger partial charge is 0.222 e. The first-order chi connectivity index (χ1) is 6.67. The van der Waals surface area contributed by atoms with Gasteiger partial charge in [0.05, 0.1) is 0 Å². The van der Waals surface area contributed by atoms with E-state index in [1.54, 1.807) is 0 Å². The Kier molecular flexibility index (Phi) is 3.97. The molecule has 2 nitrogen and oxygen atoms in total. The first-order valence-electron chi connectivity index (χ1n) is 5.95. The number of likely N-dealkylation sites (tertiary alicyclic amines) is 1. The fourth-order valence-electron chi connectivity index (χ4n) is 2.35. The van der Waals surface area contributed by atoms with E-state index in [0.717, 1.165) is 25.9 Å². The van der Waals surface area contributed by atoms with Crippen LogP contribution in [0.2, 0.25) is 0 Å². The molecular formula is C12H23NO. The number of rotatable bonds is 4. The van der Waals surface area contributed by atoms with E-state index >= 15 is 0 Å². The lowest BCUT2D eigenvalue weighted by molar-refractivity contribution is -0.130. The van der Waals surface area contributed by atoms with E-state index in [4.69, 9.17) is 0 Å². The maximum Gasteiger partial charge on any atom is 0.222 e.